The van der Waals surface area contributed by atoms with Crippen molar-refractivity contribution in [1.29, 1.82) is 0 Å². The van der Waals surface area contributed by atoms with E-state index in [9.17, 15) is 9.18 Å². The first-order valence-corrected chi connectivity index (χ1v) is 5.67. The highest BCUT2D eigenvalue weighted by molar-refractivity contribution is 5.93. The van der Waals surface area contributed by atoms with E-state index >= 15 is 0 Å². The first-order chi connectivity index (χ1) is 8.16. The minimum absolute atomic E-state index is 0.00581. The fourth-order valence-electron chi connectivity index (χ4n) is 1.90. The van der Waals surface area contributed by atoms with Gasteiger partial charge in [0, 0.05) is 11.6 Å². The highest BCUT2D eigenvalue weighted by atomic mass is 19.1. The van der Waals surface area contributed by atoms with Crippen LogP contribution in [-0.2, 0) is 4.79 Å². The molecule has 0 spiro atoms. The Labute approximate surface area is 99.5 Å². The molecule has 3 N–H and O–H groups in total. The summed E-state index contributed by atoms with van der Waals surface area (Å²) in [7, 11) is 0. The van der Waals surface area contributed by atoms with Crippen LogP contribution in [0.5, 0.6) is 0 Å². The average Bonchev–Trinajstić information content (AvgIpc) is 2.35. The van der Waals surface area contributed by atoms with Crippen LogP contribution in [0.25, 0.3) is 0 Å². The van der Waals surface area contributed by atoms with E-state index in [4.69, 9.17) is 5.73 Å². The molecule has 0 saturated heterocycles. The lowest BCUT2D eigenvalue weighted by molar-refractivity contribution is -0.120. The lowest BCUT2D eigenvalue weighted by atomic mass is 9.93. The van der Waals surface area contributed by atoms with Crippen molar-refractivity contribution in [3.05, 3.63) is 36.2 Å². The van der Waals surface area contributed by atoms with Gasteiger partial charge in [-0.05, 0) is 37.5 Å². The van der Waals surface area contributed by atoms with Crippen molar-refractivity contribution in [1.82, 2.24) is 0 Å². The second-order valence-electron chi connectivity index (χ2n) is 4.21. The Morgan fingerprint density at radius 3 is 2.88 bits per heavy atom. The summed E-state index contributed by atoms with van der Waals surface area (Å²) in [5.74, 6) is -0.491. The van der Waals surface area contributed by atoms with Crippen LogP contribution < -0.4 is 11.1 Å². The van der Waals surface area contributed by atoms with Gasteiger partial charge in [0.05, 0.1) is 5.69 Å². The van der Waals surface area contributed by atoms with Crippen molar-refractivity contribution in [2.24, 2.45) is 5.92 Å². The van der Waals surface area contributed by atoms with Gasteiger partial charge in [0.25, 0.3) is 0 Å². The summed E-state index contributed by atoms with van der Waals surface area (Å²) in [5.41, 5.74) is 6.03. The third-order valence-corrected chi connectivity index (χ3v) is 2.90. The second kappa shape index (κ2) is 4.99. The van der Waals surface area contributed by atoms with Crippen LogP contribution in [0.2, 0.25) is 0 Å². The van der Waals surface area contributed by atoms with Gasteiger partial charge < -0.3 is 11.1 Å². The van der Waals surface area contributed by atoms with Crippen LogP contribution in [0.15, 0.2) is 30.4 Å². The number of allylic oxidation sites excluding steroid dienone is 2. The summed E-state index contributed by atoms with van der Waals surface area (Å²) < 4.78 is 12.9. The molecule has 0 aliphatic heterocycles. The zero-order valence-corrected chi connectivity index (χ0v) is 9.45. The Morgan fingerprint density at radius 1 is 1.41 bits per heavy atom. The number of carbonyl (C=O) groups excluding carboxylic acids is 1. The summed E-state index contributed by atoms with van der Waals surface area (Å²) in [5, 5.41) is 2.76. The highest BCUT2D eigenvalue weighted by Gasteiger charge is 2.18. The molecular weight excluding hydrogens is 219 g/mol. The smallest absolute Gasteiger partial charge is 0.227 e. The van der Waals surface area contributed by atoms with E-state index in [1.54, 1.807) is 0 Å². The standard InChI is InChI=1S/C13H15FN2O/c14-11-7-6-10(8-12(11)15)16-13(17)9-4-2-1-3-5-9/h1-2,6-9H,3-5,15H2,(H,16,17). The minimum Gasteiger partial charge on any atom is -0.396 e. The highest BCUT2D eigenvalue weighted by Crippen LogP contribution is 2.21. The maximum Gasteiger partial charge on any atom is 0.227 e. The van der Waals surface area contributed by atoms with Crippen LogP contribution in [0, 0.1) is 11.7 Å². The third kappa shape index (κ3) is 2.84. The molecule has 1 unspecified atom stereocenters. The number of carbonyl (C=O) groups is 1. The first-order valence-electron chi connectivity index (χ1n) is 5.67. The van der Waals surface area contributed by atoms with E-state index in [1.807, 2.05) is 6.08 Å². The Bertz CT molecular complexity index is 457. The number of nitrogens with two attached hydrogens (primary N) is 1. The van der Waals surface area contributed by atoms with Crippen molar-refractivity contribution < 1.29 is 9.18 Å². The molecule has 0 heterocycles. The first kappa shape index (κ1) is 11.6. The number of halogens is 1. The molecule has 17 heavy (non-hydrogen) atoms. The molecule has 0 bridgehead atoms. The number of nitrogen functional groups attached to an aromatic ring is 1. The molecule has 0 radical (unpaired) electrons. The van der Waals surface area contributed by atoms with Crippen molar-refractivity contribution in [2.45, 2.75) is 19.3 Å². The molecule has 1 aromatic rings. The minimum atomic E-state index is -0.469. The van der Waals surface area contributed by atoms with Crippen molar-refractivity contribution in [2.75, 3.05) is 11.1 Å². The van der Waals surface area contributed by atoms with E-state index in [1.165, 1.54) is 18.2 Å². The number of rotatable bonds is 2. The van der Waals surface area contributed by atoms with Crippen molar-refractivity contribution >= 4 is 17.3 Å². The molecule has 0 aromatic heterocycles. The molecule has 0 fully saturated rings. The molecule has 1 atom stereocenters. The zero-order chi connectivity index (χ0) is 12.3. The fourth-order valence-corrected chi connectivity index (χ4v) is 1.90. The topological polar surface area (TPSA) is 55.1 Å². The number of anilines is 2. The van der Waals surface area contributed by atoms with Gasteiger partial charge in [0.2, 0.25) is 5.91 Å². The second-order valence-corrected chi connectivity index (χ2v) is 4.21. The lowest BCUT2D eigenvalue weighted by Gasteiger charge is -2.17. The number of benzene rings is 1. The summed E-state index contributed by atoms with van der Waals surface area (Å²) in [6.07, 6.45) is 6.66. The van der Waals surface area contributed by atoms with Gasteiger partial charge in [-0.3, -0.25) is 4.79 Å². The summed E-state index contributed by atoms with van der Waals surface area (Å²) >= 11 is 0. The Hall–Kier alpha value is -1.84. The maximum atomic E-state index is 12.9. The number of amides is 1. The van der Waals surface area contributed by atoms with E-state index in [2.05, 4.69) is 11.4 Å². The summed E-state index contributed by atoms with van der Waals surface area (Å²) in [6.45, 7) is 0. The molecule has 1 aliphatic rings. The monoisotopic (exact) mass is 234 g/mol. The van der Waals surface area contributed by atoms with Crippen LogP contribution in [-0.4, -0.2) is 5.91 Å². The van der Waals surface area contributed by atoms with Gasteiger partial charge in [0.1, 0.15) is 5.82 Å². The van der Waals surface area contributed by atoms with E-state index in [-0.39, 0.29) is 17.5 Å². The van der Waals surface area contributed by atoms with Gasteiger partial charge in [-0.1, -0.05) is 12.2 Å². The van der Waals surface area contributed by atoms with Crippen molar-refractivity contribution in [3.63, 3.8) is 0 Å². The molecule has 4 heteroatoms. The average molecular weight is 234 g/mol. The zero-order valence-electron chi connectivity index (χ0n) is 9.45. The van der Waals surface area contributed by atoms with E-state index in [0.29, 0.717) is 5.69 Å². The van der Waals surface area contributed by atoms with Gasteiger partial charge >= 0.3 is 0 Å². The molecular formula is C13H15FN2O. The largest absolute Gasteiger partial charge is 0.396 e. The van der Waals surface area contributed by atoms with Gasteiger partial charge in [-0.25, -0.2) is 4.39 Å². The SMILES string of the molecule is Nc1cc(NC(=O)C2CC=CCC2)ccc1F. The van der Waals surface area contributed by atoms with Gasteiger partial charge in [-0.15, -0.1) is 0 Å². The maximum absolute atomic E-state index is 12.9. The predicted molar refractivity (Wildman–Crippen MR) is 65.9 cm³/mol. The van der Waals surface area contributed by atoms with Crippen LogP contribution in [0.1, 0.15) is 19.3 Å². The van der Waals surface area contributed by atoms with Crippen molar-refractivity contribution in [3.8, 4) is 0 Å². The van der Waals surface area contributed by atoms with Crippen LogP contribution in [0.3, 0.4) is 0 Å². The summed E-state index contributed by atoms with van der Waals surface area (Å²) in [6, 6.07) is 4.21. The predicted octanol–water partition coefficient (Wildman–Crippen LogP) is 2.70. The quantitative estimate of drug-likeness (QED) is 0.610. The van der Waals surface area contributed by atoms with Gasteiger partial charge in [0.15, 0.2) is 0 Å². The number of hydrogen-bond donors (Lipinski definition) is 2. The molecule has 2 rings (SSSR count). The van der Waals surface area contributed by atoms with Crippen LogP contribution in [0.4, 0.5) is 15.8 Å². The molecule has 0 saturated carbocycles. The summed E-state index contributed by atoms with van der Waals surface area (Å²) in [4.78, 5) is 11.9. The lowest BCUT2D eigenvalue weighted by Crippen LogP contribution is -2.23. The molecule has 1 aliphatic carbocycles. The van der Waals surface area contributed by atoms with E-state index < -0.39 is 5.82 Å². The Balaban J connectivity index is 2.02. The molecule has 3 nitrogen and oxygen atoms in total. The normalized spacial score (nSPS) is 19.0. The molecule has 1 aromatic carbocycles. The van der Waals surface area contributed by atoms with E-state index in [0.717, 1.165) is 19.3 Å². The fraction of sp³-hybridized carbons (Fsp3) is 0.308. The number of nitrogens with one attached hydrogen (secondary N) is 1. The Kier molecular flexibility index (Phi) is 3.42. The molecule has 1 amide bonds. The molecule has 90 valence electrons. The van der Waals surface area contributed by atoms with Gasteiger partial charge in [-0.2, -0.15) is 0 Å². The number of hydrogen-bond acceptors (Lipinski definition) is 2. The van der Waals surface area contributed by atoms with Crippen LogP contribution >= 0.6 is 0 Å². The third-order valence-electron chi connectivity index (χ3n) is 2.90. The Morgan fingerprint density at radius 2 is 2.24 bits per heavy atom.